The van der Waals surface area contributed by atoms with E-state index in [-0.39, 0.29) is 5.75 Å². The van der Waals surface area contributed by atoms with E-state index < -0.39 is 12.1 Å². The number of ether oxygens (including phenoxy) is 1. The van der Waals surface area contributed by atoms with Crippen LogP contribution >= 0.6 is 0 Å². The zero-order valence-corrected chi connectivity index (χ0v) is 10.8. The highest BCUT2D eigenvalue weighted by molar-refractivity contribution is 5.79. The lowest BCUT2D eigenvalue weighted by atomic mass is 9.81. The van der Waals surface area contributed by atoms with Gasteiger partial charge in [-0.25, -0.2) is 4.79 Å². The molecule has 0 saturated heterocycles. The number of carbonyl (C=O) groups is 1. The van der Waals surface area contributed by atoms with Crippen LogP contribution < -0.4 is 4.74 Å². The summed E-state index contributed by atoms with van der Waals surface area (Å²) in [5.41, 5.74) is 2.82. The summed E-state index contributed by atoms with van der Waals surface area (Å²) in [6.07, 6.45) is 0.673. The average molecular weight is 282 g/mol. The SMILES string of the molecule is CC1C=Cc2ccc(OC(=O)C(F)(F)F)c3c2[C@@H]1CC3. The van der Waals surface area contributed by atoms with Crippen molar-refractivity contribution in [1.82, 2.24) is 0 Å². The lowest BCUT2D eigenvalue weighted by molar-refractivity contribution is -0.189. The largest absolute Gasteiger partial charge is 0.491 e. The van der Waals surface area contributed by atoms with Crippen molar-refractivity contribution in [3.05, 3.63) is 34.9 Å². The van der Waals surface area contributed by atoms with Crippen molar-refractivity contribution in [3.8, 4) is 5.75 Å². The molecule has 0 radical (unpaired) electrons. The zero-order chi connectivity index (χ0) is 14.5. The minimum Gasteiger partial charge on any atom is -0.420 e. The van der Waals surface area contributed by atoms with Gasteiger partial charge in [-0.05, 0) is 47.4 Å². The number of benzene rings is 1. The van der Waals surface area contributed by atoms with Crippen LogP contribution in [0.5, 0.6) is 5.75 Å². The van der Waals surface area contributed by atoms with Crippen LogP contribution in [0.1, 0.15) is 36.0 Å². The third-order valence-corrected chi connectivity index (χ3v) is 4.07. The van der Waals surface area contributed by atoms with Gasteiger partial charge >= 0.3 is 12.1 Å². The van der Waals surface area contributed by atoms with E-state index in [0.717, 1.165) is 23.1 Å². The number of rotatable bonds is 1. The summed E-state index contributed by atoms with van der Waals surface area (Å²) in [5, 5.41) is 0. The van der Waals surface area contributed by atoms with Crippen molar-refractivity contribution < 1.29 is 22.7 Å². The summed E-state index contributed by atoms with van der Waals surface area (Å²) < 4.78 is 41.4. The Morgan fingerprint density at radius 1 is 1.35 bits per heavy atom. The first kappa shape index (κ1) is 13.2. The van der Waals surface area contributed by atoms with E-state index in [4.69, 9.17) is 0 Å². The molecule has 1 unspecified atom stereocenters. The highest BCUT2D eigenvalue weighted by Gasteiger charge is 2.42. The van der Waals surface area contributed by atoms with E-state index in [0.29, 0.717) is 18.3 Å². The topological polar surface area (TPSA) is 26.3 Å². The van der Waals surface area contributed by atoms with Crippen molar-refractivity contribution in [2.75, 3.05) is 0 Å². The molecule has 2 aliphatic carbocycles. The maximum atomic E-state index is 12.3. The first-order valence-corrected chi connectivity index (χ1v) is 6.51. The molecule has 106 valence electrons. The number of hydrogen-bond acceptors (Lipinski definition) is 2. The summed E-state index contributed by atoms with van der Waals surface area (Å²) in [6.45, 7) is 2.09. The maximum absolute atomic E-state index is 12.3. The second-order valence-corrected chi connectivity index (χ2v) is 5.30. The molecule has 0 fully saturated rings. The standard InChI is InChI=1S/C15H13F3O2/c1-8-2-3-9-4-7-12(20-14(19)15(16,17)18)11-6-5-10(8)13(9)11/h2-4,7-8,10H,5-6H2,1H3/t8?,10-/m1/s1. The lowest BCUT2D eigenvalue weighted by Gasteiger charge is -2.24. The van der Waals surface area contributed by atoms with Crippen LogP contribution in [0.25, 0.3) is 6.08 Å². The van der Waals surface area contributed by atoms with Crippen LogP contribution in [0.4, 0.5) is 13.2 Å². The molecule has 0 bridgehead atoms. The van der Waals surface area contributed by atoms with E-state index in [2.05, 4.69) is 17.7 Å². The van der Waals surface area contributed by atoms with Crippen LogP contribution in [0.2, 0.25) is 0 Å². The number of halogens is 3. The molecule has 0 aliphatic heterocycles. The van der Waals surface area contributed by atoms with Crippen LogP contribution in [0.15, 0.2) is 18.2 Å². The molecule has 1 aromatic carbocycles. The van der Waals surface area contributed by atoms with E-state index in [1.165, 1.54) is 6.07 Å². The molecule has 2 aliphatic rings. The molecule has 2 nitrogen and oxygen atoms in total. The zero-order valence-electron chi connectivity index (χ0n) is 10.8. The maximum Gasteiger partial charge on any atom is 0.491 e. The molecule has 3 rings (SSSR count). The first-order valence-electron chi connectivity index (χ1n) is 6.51. The summed E-state index contributed by atoms with van der Waals surface area (Å²) in [7, 11) is 0. The number of allylic oxidation sites excluding steroid dienone is 1. The minimum atomic E-state index is -4.96. The predicted molar refractivity (Wildman–Crippen MR) is 67.4 cm³/mol. The summed E-state index contributed by atoms with van der Waals surface area (Å²) in [6, 6.07) is 3.18. The van der Waals surface area contributed by atoms with E-state index in [1.807, 2.05) is 6.08 Å². The smallest absolute Gasteiger partial charge is 0.420 e. The van der Waals surface area contributed by atoms with Crippen molar-refractivity contribution in [1.29, 1.82) is 0 Å². The van der Waals surface area contributed by atoms with Gasteiger partial charge in [-0.3, -0.25) is 0 Å². The van der Waals surface area contributed by atoms with E-state index >= 15 is 0 Å². The van der Waals surface area contributed by atoms with Crippen molar-refractivity contribution in [2.24, 2.45) is 5.92 Å². The highest BCUT2D eigenvalue weighted by atomic mass is 19.4. The molecule has 0 spiro atoms. The van der Waals surface area contributed by atoms with Gasteiger partial charge in [0.25, 0.3) is 0 Å². The van der Waals surface area contributed by atoms with Gasteiger partial charge in [-0.15, -0.1) is 0 Å². The Bertz CT molecular complexity index is 602. The first-order chi connectivity index (χ1) is 9.38. The van der Waals surface area contributed by atoms with Gasteiger partial charge in [-0.2, -0.15) is 13.2 Å². The fourth-order valence-electron chi connectivity index (χ4n) is 3.12. The van der Waals surface area contributed by atoms with Gasteiger partial charge in [0.15, 0.2) is 0 Å². The molecule has 1 aromatic rings. The monoisotopic (exact) mass is 282 g/mol. The molecule has 0 heterocycles. The van der Waals surface area contributed by atoms with E-state index in [9.17, 15) is 18.0 Å². The van der Waals surface area contributed by atoms with Crippen LogP contribution in [0.3, 0.4) is 0 Å². The molecule has 0 aromatic heterocycles. The Morgan fingerprint density at radius 2 is 2.10 bits per heavy atom. The lowest BCUT2D eigenvalue weighted by Crippen LogP contribution is -2.28. The number of carbonyl (C=O) groups excluding carboxylic acids is 1. The molecule has 0 amide bonds. The van der Waals surface area contributed by atoms with Crippen LogP contribution in [-0.4, -0.2) is 12.1 Å². The fourth-order valence-corrected chi connectivity index (χ4v) is 3.12. The van der Waals surface area contributed by atoms with Crippen LogP contribution in [0, 0.1) is 5.92 Å². The van der Waals surface area contributed by atoms with Crippen molar-refractivity contribution in [2.45, 2.75) is 31.9 Å². The molecule has 2 atom stereocenters. The highest BCUT2D eigenvalue weighted by Crippen LogP contribution is 2.47. The second-order valence-electron chi connectivity index (χ2n) is 5.30. The third kappa shape index (κ3) is 2.01. The molecular formula is C15H13F3O2. The molecule has 5 heteroatoms. The second kappa shape index (κ2) is 4.36. The third-order valence-electron chi connectivity index (χ3n) is 4.07. The summed E-state index contributed by atoms with van der Waals surface area (Å²) in [4.78, 5) is 11.0. The van der Waals surface area contributed by atoms with Gasteiger partial charge in [0.05, 0.1) is 0 Å². The van der Waals surface area contributed by atoms with Crippen molar-refractivity contribution in [3.63, 3.8) is 0 Å². The van der Waals surface area contributed by atoms with Gasteiger partial charge in [0.2, 0.25) is 0 Å². The molecule has 0 saturated carbocycles. The summed E-state index contributed by atoms with van der Waals surface area (Å²) in [5.74, 6) is -1.43. The Balaban J connectivity index is 1.99. The fraction of sp³-hybridized carbons (Fsp3) is 0.400. The molecular weight excluding hydrogens is 269 g/mol. The Labute approximate surface area is 114 Å². The number of alkyl halides is 3. The Hall–Kier alpha value is -1.78. The van der Waals surface area contributed by atoms with Gasteiger partial charge in [0, 0.05) is 0 Å². The predicted octanol–water partition coefficient (Wildman–Crippen LogP) is 3.85. The minimum absolute atomic E-state index is 0.0519. The van der Waals surface area contributed by atoms with Crippen molar-refractivity contribution >= 4 is 12.0 Å². The molecule has 0 N–H and O–H groups in total. The quantitative estimate of drug-likeness (QED) is 0.577. The Morgan fingerprint density at radius 3 is 2.80 bits per heavy atom. The Kier molecular flexibility index (Phi) is 2.88. The summed E-state index contributed by atoms with van der Waals surface area (Å²) >= 11 is 0. The molecule has 20 heavy (non-hydrogen) atoms. The average Bonchev–Trinajstić information content (AvgIpc) is 2.81. The van der Waals surface area contributed by atoms with Crippen LogP contribution in [-0.2, 0) is 11.2 Å². The number of esters is 1. The van der Waals surface area contributed by atoms with Gasteiger partial charge < -0.3 is 4.74 Å². The van der Waals surface area contributed by atoms with Gasteiger partial charge in [-0.1, -0.05) is 25.1 Å². The normalized spacial score (nSPS) is 23.6. The van der Waals surface area contributed by atoms with Gasteiger partial charge in [0.1, 0.15) is 5.75 Å². The van der Waals surface area contributed by atoms with E-state index in [1.54, 1.807) is 6.07 Å². The number of hydrogen-bond donors (Lipinski definition) is 0.